The molecule has 0 saturated carbocycles. The van der Waals surface area contributed by atoms with E-state index < -0.39 is 0 Å². The fraction of sp³-hybridized carbons (Fsp3) is 0.172. The van der Waals surface area contributed by atoms with Gasteiger partial charge in [-0.2, -0.15) is 0 Å². The van der Waals surface area contributed by atoms with Gasteiger partial charge in [0.15, 0.2) is 0 Å². The maximum Gasteiger partial charge on any atom is 0.136 e. The summed E-state index contributed by atoms with van der Waals surface area (Å²) in [5, 5.41) is 1.22. The highest BCUT2D eigenvalue weighted by atomic mass is 16.3. The van der Waals surface area contributed by atoms with E-state index in [1.54, 1.807) is 0 Å². The van der Waals surface area contributed by atoms with Crippen molar-refractivity contribution < 1.29 is 4.42 Å². The van der Waals surface area contributed by atoms with E-state index in [4.69, 9.17) is 4.42 Å². The van der Waals surface area contributed by atoms with Crippen LogP contribution in [0.25, 0.3) is 16.5 Å². The van der Waals surface area contributed by atoms with Crippen molar-refractivity contribution in [3.63, 3.8) is 0 Å². The molecule has 0 spiro atoms. The Bertz CT molecular complexity index is 1260. The Labute approximate surface area is 177 Å². The zero-order chi connectivity index (χ0) is 20.1. The van der Waals surface area contributed by atoms with Crippen molar-refractivity contribution in [3.8, 4) is 0 Å². The highest BCUT2D eigenvalue weighted by Gasteiger charge is 2.50. The number of hydrogen-bond acceptors (Lipinski definition) is 1. The zero-order valence-electron chi connectivity index (χ0n) is 17.2. The van der Waals surface area contributed by atoms with Gasteiger partial charge >= 0.3 is 0 Å². The SMILES string of the molecule is CCC1=CC2=C(CC1)c1oc3ccccc3c1C2(c1ccccc1)c1ccccc1. The van der Waals surface area contributed by atoms with Gasteiger partial charge in [-0.25, -0.2) is 0 Å². The summed E-state index contributed by atoms with van der Waals surface area (Å²) in [7, 11) is 0. The molecule has 146 valence electrons. The van der Waals surface area contributed by atoms with Crippen LogP contribution >= 0.6 is 0 Å². The van der Waals surface area contributed by atoms with Crippen molar-refractivity contribution in [2.45, 2.75) is 31.6 Å². The summed E-state index contributed by atoms with van der Waals surface area (Å²) >= 11 is 0. The predicted octanol–water partition coefficient (Wildman–Crippen LogP) is 7.66. The summed E-state index contributed by atoms with van der Waals surface area (Å²) in [5.74, 6) is 1.09. The van der Waals surface area contributed by atoms with Crippen LogP contribution in [0.4, 0.5) is 0 Å². The molecule has 0 fully saturated rings. The zero-order valence-corrected chi connectivity index (χ0v) is 17.2. The average Bonchev–Trinajstić information content (AvgIpc) is 3.33. The van der Waals surface area contributed by atoms with Crippen LogP contribution < -0.4 is 0 Å². The number of para-hydroxylation sites is 1. The van der Waals surface area contributed by atoms with E-state index in [9.17, 15) is 0 Å². The molecule has 3 aromatic carbocycles. The van der Waals surface area contributed by atoms with Crippen LogP contribution in [-0.4, -0.2) is 0 Å². The van der Waals surface area contributed by atoms with Crippen molar-refractivity contribution in [1.29, 1.82) is 0 Å². The molecule has 0 unspecified atom stereocenters. The lowest BCUT2D eigenvalue weighted by Gasteiger charge is -2.35. The van der Waals surface area contributed by atoms with Gasteiger partial charge in [0.25, 0.3) is 0 Å². The Morgan fingerprint density at radius 3 is 2.07 bits per heavy atom. The Balaban J connectivity index is 1.81. The normalized spacial score (nSPS) is 17.0. The van der Waals surface area contributed by atoms with Gasteiger partial charge in [-0.1, -0.05) is 97.4 Å². The average molecular weight is 389 g/mol. The van der Waals surface area contributed by atoms with Crippen molar-refractivity contribution in [3.05, 3.63) is 125 Å². The summed E-state index contributed by atoms with van der Waals surface area (Å²) < 4.78 is 6.56. The van der Waals surface area contributed by atoms with Crippen molar-refractivity contribution in [2.24, 2.45) is 0 Å². The molecule has 4 aromatic rings. The minimum atomic E-state index is -0.347. The molecule has 0 N–H and O–H groups in total. The number of allylic oxidation sites excluding steroid dienone is 4. The molecule has 0 radical (unpaired) electrons. The first kappa shape index (κ1) is 17.5. The van der Waals surface area contributed by atoms with Gasteiger partial charge in [0.05, 0.1) is 5.41 Å². The van der Waals surface area contributed by atoms with Gasteiger partial charge in [-0.15, -0.1) is 0 Å². The number of furan rings is 1. The minimum Gasteiger partial charge on any atom is -0.456 e. The van der Waals surface area contributed by atoms with E-state index in [1.165, 1.54) is 38.8 Å². The molecule has 2 aliphatic rings. The molecule has 2 aliphatic carbocycles. The summed E-state index contributed by atoms with van der Waals surface area (Å²) in [4.78, 5) is 0. The largest absolute Gasteiger partial charge is 0.456 e. The monoisotopic (exact) mass is 388 g/mol. The maximum absolute atomic E-state index is 6.56. The lowest BCUT2D eigenvalue weighted by atomic mass is 9.65. The summed E-state index contributed by atoms with van der Waals surface area (Å²) in [6.45, 7) is 2.27. The highest BCUT2D eigenvalue weighted by Crippen LogP contribution is 2.60. The van der Waals surface area contributed by atoms with Gasteiger partial charge < -0.3 is 4.42 Å². The standard InChI is InChI=1S/C29H24O/c1-2-20-17-18-23-25(19-20)29(21-11-5-3-6-12-21,22-13-7-4-8-14-22)27-24-15-9-10-16-26(24)30-28(23)27/h3-16,19H,2,17-18H2,1H3. The Morgan fingerprint density at radius 1 is 0.767 bits per heavy atom. The quantitative estimate of drug-likeness (QED) is 0.351. The van der Waals surface area contributed by atoms with Crippen LogP contribution in [0.15, 0.2) is 107 Å². The molecule has 0 saturated heterocycles. The summed E-state index contributed by atoms with van der Waals surface area (Å²) in [5.41, 5.74) is 8.88. The molecule has 0 atom stereocenters. The van der Waals surface area contributed by atoms with Crippen molar-refractivity contribution >= 4 is 16.5 Å². The lowest BCUT2D eigenvalue weighted by Crippen LogP contribution is -2.29. The topological polar surface area (TPSA) is 13.1 Å². The Morgan fingerprint density at radius 2 is 1.40 bits per heavy atom. The maximum atomic E-state index is 6.56. The van der Waals surface area contributed by atoms with Crippen LogP contribution in [0, 0.1) is 0 Å². The van der Waals surface area contributed by atoms with Crippen LogP contribution in [0.5, 0.6) is 0 Å². The predicted molar refractivity (Wildman–Crippen MR) is 124 cm³/mol. The number of benzene rings is 3. The number of rotatable bonds is 3. The molecule has 1 heterocycles. The molecule has 0 bridgehead atoms. The first-order chi connectivity index (χ1) is 14.8. The summed E-state index contributed by atoms with van der Waals surface area (Å²) in [6, 6.07) is 30.5. The second kappa shape index (κ2) is 6.60. The molecule has 0 aliphatic heterocycles. The van der Waals surface area contributed by atoms with E-state index in [0.717, 1.165) is 30.6 Å². The van der Waals surface area contributed by atoms with Crippen LogP contribution in [0.2, 0.25) is 0 Å². The third-order valence-corrected chi connectivity index (χ3v) is 6.89. The molecule has 1 aromatic heterocycles. The fourth-order valence-corrected chi connectivity index (χ4v) is 5.54. The van der Waals surface area contributed by atoms with E-state index in [-0.39, 0.29) is 5.41 Å². The van der Waals surface area contributed by atoms with Gasteiger partial charge in [0.2, 0.25) is 0 Å². The second-order valence-electron chi connectivity index (χ2n) is 8.33. The third kappa shape index (κ3) is 2.24. The van der Waals surface area contributed by atoms with Gasteiger partial charge in [-0.05, 0) is 42.0 Å². The second-order valence-corrected chi connectivity index (χ2v) is 8.33. The van der Waals surface area contributed by atoms with E-state index in [2.05, 4.69) is 97.9 Å². The molecule has 1 nitrogen and oxygen atoms in total. The molecular formula is C29H24O. The van der Waals surface area contributed by atoms with Crippen molar-refractivity contribution in [2.75, 3.05) is 0 Å². The van der Waals surface area contributed by atoms with Crippen molar-refractivity contribution in [1.82, 2.24) is 0 Å². The molecule has 30 heavy (non-hydrogen) atoms. The minimum absolute atomic E-state index is 0.347. The first-order valence-corrected chi connectivity index (χ1v) is 10.9. The van der Waals surface area contributed by atoms with Gasteiger partial charge in [0.1, 0.15) is 11.3 Å². The Kier molecular flexibility index (Phi) is 3.86. The van der Waals surface area contributed by atoms with Crippen LogP contribution in [0.1, 0.15) is 48.6 Å². The summed E-state index contributed by atoms with van der Waals surface area (Å²) in [6.07, 6.45) is 5.73. The molecule has 6 rings (SSSR count). The Hall–Kier alpha value is -3.32. The number of hydrogen-bond donors (Lipinski definition) is 0. The third-order valence-electron chi connectivity index (χ3n) is 6.89. The van der Waals surface area contributed by atoms with E-state index >= 15 is 0 Å². The highest BCUT2D eigenvalue weighted by molar-refractivity contribution is 5.97. The van der Waals surface area contributed by atoms with Gasteiger partial charge in [0, 0.05) is 16.5 Å². The van der Waals surface area contributed by atoms with Gasteiger partial charge in [-0.3, -0.25) is 0 Å². The van der Waals surface area contributed by atoms with E-state index in [0.29, 0.717) is 0 Å². The molecule has 1 heteroatoms. The number of fused-ring (bicyclic) bond motifs is 4. The molecule has 0 amide bonds. The molecular weight excluding hydrogens is 364 g/mol. The van der Waals surface area contributed by atoms with Crippen LogP contribution in [0.3, 0.4) is 0 Å². The van der Waals surface area contributed by atoms with E-state index in [1.807, 2.05) is 0 Å². The van der Waals surface area contributed by atoms with Crippen LogP contribution in [-0.2, 0) is 5.41 Å². The lowest BCUT2D eigenvalue weighted by molar-refractivity contribution is 0.590. The fourth-order valence-electron chi connectivity index (χ4n) is 5.54. The first-order valence-electron chi connectivity index (χ1n) is 10.9. The smallest absolute Gasteiger partial charge is 0.136 e.